The molecule has 4 rings (SSSR count). The van der Waals surface area contributed by atoms with Gasteiger partial charge in [-0.15, -0.1) is 0 Å². The fourth-order valence-corrected chi connectivity index (χ4v) is 5.22. The minimum absolute atomic E-state index is 0.0436. The first-order valence-corrected chi connectivity index (χ1v) is 13.0. The zero-order valence-corrected chi connectivity index (χ0v) is 21.6. The van der Waals surface area contributed by atoms with Crippen LogP contribution in [0.25, 0.3) is 0 Å². The second-order valence-electron chi connectivity index (χ2n) is 9.47. The number of fused-ring (bicyclic) bond motifs is 1. The van der Waals surface area contributed by atoms with Crippen molar-refractivity contribution in [3.05, 3.63) is 101 Å². The van der Waals surface area contributed by atoms with E-state index in [-0.39, 0.29) is 24.4 Å². The lowest BCUT2D eigenvalue weighted by molar-refractivity contribution is -0.139. The number of methoxy groups -OCH3 is 1. The molecule has 1 heterocycles. The molecule has 1 aliphatic carbocycles. The summed E-state index contributed by atoms with van der Waals surface area (Å²) < 4.78 is 16.7. The second kappa shape index (κ2) is 13.3. The molecule has 2 aromatic rings. The predicted molar refractivity (Wildman–Crippen MR) is 144 cm³/mol. The fraction of sp³-hybridized carbons (Fsp3) is 0.387. The molecule has 196 valence electrons. The first-order valence-electron chi connectivity index (χ1n) is 13.0. The van der Waals surface area contributed by atoms with Crippen LogP contribution < -0.4 is 4.74 Å². The molecule has 0 bridgehead atoms. The van der Waals surface area contributed by atoms with Crippen molar-refractivity contribution >= 4 is 5.97 Å². The molecule has 0 saturated heterocycles. The Balaban J connectivity index is 1.57. The van der Waals surface area contributed by atoms with Crippen molar-refractivity contribution in [3.8, 4) is 5.75 Å². The number of carbonyl (C=O) groups excluding carboxylic acids is 1. The molecule has 6 nitrogen and oxygen atoms in total. The van der Waals surface area contributed by atoms with Crippen molar-refractivity contribution in [2.24, 2.45) is 0 Å². The number of aliphatic hydroxyl groups excluding tert-OH is 1. The Morgan fingerprint density at radius 3 is 2.65 bits per heavy atom. The quantitative estimate of drug-likeness (QED) is 0.221. The summed E-state index contributed by atoms with van der Waals surface area (Å²) in [6.45, 7) is 5.51. The third-order valence-corrected chi connectivity index (χ3v) is 7.02. The number of ether oxygens (including phenoxy) is 3. The molecule has 6 heteroatoms. The Hall–Kier alpha value is -3.35. The SMILES string of the molecule is C=CCOC(=O)C1=C(O)C2=CCCC[C@@H]2N(Cc2ccc(OC)cc2)[C@H]1CCCOCc1ccccc1. The van der Waals surface area contributed by atoms with Gasteiger partial charge < -0.3 is 19.3 Å². The van der Waals surface area contributed by atoms with Crippen molar-refractivity contribution in [3.63, 3.8) is 0 Å². The maximum Gasteiger partial charge on any atom is 0.339 e. The predicted octanol–water partition coefficient (Wildman–Crippen LogP) is 5.90. The van der Waals surface area contributed by atoms with E-state index in [0.717, 1.165) is 48.1 Å². The number of esters is 1. The topological polar surface area (TPSA) is 68.2 Å². The van der Waals surface area contributed by atoms with Crippen LogP contribution in [0.4, 0.5) is 0 Å². The molecule has 0 fully saturated rings. The molecular formula is C31H37NO5. The van der Waals surface area contributed by atoms with Crippen LogP contribution in [0.1, 0.15) is 43.2 Å². The van der Waals surface area contributed by atoms with Gasteiger partial charge in [-0.05, 0) is 55.4 Å². The van der Waals surface area contributed by atoms with Gasteiger partial charge in [-0.2, -0.15) is 0 Å². The van der Waals surface area contributed by atoms with Gasteiger partial charge in [-0.25, -0.2) is 4.79 Å². The number of allylic oxidation sites excluding steroid dienone is 1. The summed E-state index contributed by atoms with van der Waals surface area (Å²) in [5.74, 6) is 0.399. The Morgan fingerprint density at radius 1 is 1.14 bits per heavy atom. The molecule has 0 spiro atoms. The van der Waals surface area contributed by atoms with Crippen LogP contribution in [-0.2, 0) is 27.4 Å². The van der Waals surface area contributed by atoms with Crippen molar-refractivity contribution in [1.82, 2.24) is 4.90 Å². The van der Waals surface area contributed by atoms with Crippen LogP contribution in [0.5, 0.6) is 5.75 Å². The number of benzene rings is 2. The number of carbonyl (C=O) groups is 1. The summed E-state index contributed by atoms with van der Waals surface area (Å²) in [4.78, 5) is 15.6. The molecule has 1 aliphatic heterocycles. The van der Waals surface area contributed by atoms with Gasteiger partial charge in [0.1, 0.15) is 18.1 Å². The number of hydrogen-bond donors (Lipinski definition) is 1. The normalized spacial score (nSPS) is 19.6. The molecule has 0 radical (unpaired) electrons. The van der Waals surface area contributed by atoms with Crippen LogP contribution in [-0.4, -0.2) is 48.4 Å². The van der Waals surface area contributed by atoms with Crippen LogP contribution in [0.2, 0.25) is 0 Å². The monoisotopic (exact) mass is 503 g/mol. The molecule has 1 N–H and O–H groups in total. The third kappa shape index (κ3) is 6.70. The van der Waals surface area contributed by atoms with Gasteiger partial charge in [0.15, 0.2) is 0 Å². The van der Waals surface area contributed by atoms with Gasteiger partial charge in [0.05, 0.1) is 19.3 Å². The Bertz CT molecular complexity index is 1110. The number of aliphatic hydroxyl groups is 1. The summed E-state index contributed by atoms with van der Waals surface area (Å²) in [5.41, 5.74) is 3.42. The van der Waals surface area contributed by atoms with E-state index >= 15 is 0 Å². The maximum absolute atomic E-state index is 13.2. The highest BCUT2D eigenvalue weighted by atomic mass is 16.5. The van der Waals surface area contributed by atoms with Gasteiger partial charge in [-0.3, -0.25) is 4.90 Å². The summed E-state index contributed by atoms with van der Waals surface area (Å²) >= 11 is 0. The highest BCUT2D eigenvalue weighted by Gasteiger charge is 2.42. The summed E-state index contributed by atoms with van der Waals surface area (Å²) in [6, 6.07) is 17.9. The molecule has 0 saturated carbocycles. The minimum atomic E-state index is -0.489. The van der Waals surface area contributed by atoms with E-state index in [4.69, 9.17) is 14.2 Å². The van der Waals surface area contributed by atoms with Gasteiger partial charge in [0.2, 0.25) is 0 Å². The number of hydrogen-bond acceptors (Lipinski definition) is 6. The van der Waals surface area contributed by atoms with Crippen molar-refractivity contribution in [1.29, 1.82) is 0 Å². The molecular weight excluding hydrogens is 466 g/mol. The van der Waals surface area contributed by atoms with Gasteiger partial charge in [0, 0.05) is 30.8 Å². The summed E-state index contributed by atoms with van der Waals surface area (Å²) in [6.07, 6.45) is 7.89. The Morgan fingerprint density at radius 2 is 1.92 bits per heavy atom. The fourth-order valence-electron chi connectivity index (χ4n) is 5.22. The highest BCUT2D eigenvalue weighted by molar-refractivity contribution is 5.92. The average molecular weight is 504 g/mol. The lowest BCUT2D eigenvalue weighted by Gasteiger charge is -2.45. The second-order valence-corrected chi connectivity index (χ2v) is 9.47. The maximum atomic E-state index is 13.2. The van der Waals surface area contributed by atoms with E-state index in [0.29, 0.717) is 31.8 Å². The highest BCUT2D eigenvalue weighted by Crippen LogP contribution is 2.40. The number of nitrogens with zero attached hydrogens (tertiary/aromatic N) is 1. The smallest absolute Gasteiger partial charge is 0.339 e. The van der Waals surface area contributed by atoms with E-state index in [1.165, 1.54) is 0 Å². The molecule has 2 atom stereocenters. The van der Waals surface area contributed by atoms with Crippen molar-refractivity contribution in [2.45, 2.75) is 57.3 Å². The Labute approximate surface area is 219 Å². The first kappa shape index (κ1) is 26.7. The van der Waals surface area contributed by atoms with E-state index in [9.17, 15) is 9.90 Å². The molecule has 0 unspecified atom stereocenters. The van der Waals surface area contributed by atoms with Gasteiger partial charge >= 0.3 is 5.97 Å². The molecule has 0 amide bonds. The third-order valence-electron chi connectivity index (χ3n) is 7.02. The van der Waals surface area contributed by atoms with Crippen LogP contribution in [0.3, 0.4) is 0 Å². The van der Waals surface area contributed by atoms with E-state index in [1.54, 1.807) is 13.2 Å². The minimum Gasteiger partial charge on any atom is -0.507 e. The van der Waals surface area contributed by atoms with Crippen molar-refractivity contribution < 1.29 is 24.1 Å². The molecule has 0 aromatic heterocycles. The van der Waals surface area contributed by atoms with Crippen LogP contribution >= 0.6 is 0 Å². The van der Waals surface area contributed by atoms with Gasteiger partial charge in [0.25, 0.3) is 0 Å². The summed E-state index contributed by atoms with van der Waals surface area (Å²) in [5, 5.41) is 11.3. The number of rotatable bonds is 12. The lowest BCUT2D eigenvalue weighted by Crippen LogP contribution is -2.51. The standard InChI is InChI=1S/C31H37NO5/c1-3-19-37-31(34)29-28(14-9-20-36-22-24-10-5-4-6-11-24)32(21-23-15-17-25(35-2)18-16-23)27-13-8-7-12-26(27)30(29)33/h3-6,10-12,15-18,27-28,33H,1,7-9,13-14,19-22H2,2H3/t27-,28-/m0/s1. The van der Waals surface area contributed by atoms with Crippen LogP contribution in [0.15, 0.2) is 90.2 Å². The van der Waals surface area contributed by atoms with E-state index in [1.807, 2.05) is 42.5 Å². The summed E-state index contributed by atoms with van der Waals surface area (Å²) in [7, 11) is 1.66. The van der Waals surface area contributed by atoms with E-state index < -0.39 is 5.97 Å². The largest absolute Gasteiger partial charge is 0.507 e. The van der Waals surface area contributed by atoms with Gasteiger partial charge in [-0.1, -0.05) is 61.2 Å². The lowest BCUT2D eigenvalue weighted by atomic mass is 9.81. The Kier molecular flexibility index (Phi) is 9.58. The molecule has 2 aliphatic rings. The molecule has 37 heavy (non-hydrogen) atoms. The van der Waals surface area contributed by atoms with E-state index in [2.05, 4.69) is 29.7 Å². The van der Waals surface area contributed by atoms with Crippen LogP contribution in [0, 0.1) is 0 Å². The molecule has 2 aromatic carbocycles. The van der Waals surface area contributed by atoms with Crippen molar-refractivity contribution in [2.75, 3.05) is 20.3 Å². The zero-order valence-electron chi connectivity index (χ0n) is 21.6. The zero-order chi connectivity index (χ0) is 26.0. The first-order chi connectivity index (χ1) is 18.1. The average Bonchev–Trinajstić information content (AvgIpc) is 2.94.